The van der Waals surface area contributed by atoms with Crippen molar-refractivity contribution in [2.75, 3.05) is 7.11 Å². The van der Waals surface area contributed by atoms with Gasteiger partial charge >= 0.3 is 0 Å². The largest absolute Gasteiger partial charge is 0.496 e. The van der Waals surface area contributed by atoms with Crippen LogP contribution in [-0.4, -0.2) is 7.11 Å². The zero-order valence-electron chi connectivity index (χ0n) is 10.2. The summed E-state index contributed by atoms with van der Waals surface area (Å²) >= 11 is 6.53. The minimum atomic E-state index is 0.141. The molecule has 1 aromatic rings. The second-order valence-electron chi connectivity index (χ2n) is 4.82. The maximum Gasteiger partial charge on any atom is 0.122 e. The standard InChI is InChI=1S/C14H19ClO/c1-9-4-6-11-13(16-3)7-5-10(2)14(11)12(15)8-9/h5,7,9,12H,4,6,8H2,1-3H3. The molecule has 0 heterocycles. The van der Waals surface area contributed by atoms with Crippen LogP contribution in [0.3, 0.4) is 0 Å². The van der Waals surface area contributed by atoms with Crippen molar-refractivity contribution in [3.63, 3.8) is 0 Å². The van der Waals surface area contributed by atoms with Crippen LogP contribution in [0.4, 0.5) is 0 Å². The SMILES string of the molecule is COc1ccc(C)c2c1CCC(C)CC2Cl. The van der Waals surface area contributed by atoms with Crippen molar-refractivity contribution in [3.8, 4) is 5.75 Å². The third-order valence-electron chi connectivity index (χ3n) is 3.56. The van der Waals surface area contributed by atoms with Crippen LogP contribution in [0.1, 0.15) is 41.8 Å². The molecule has 1 nitrogen and oxygen atoms in total. The molecule has 1 aliphatic rings. The summed E-state index contributed by atoms with van der Waals surface area (Å²) in [6, 6.07) is 4.18. The van der Waals surface area contributed by atoms with Crippen molar-refractivity contribution in [1.29, 1.82) is 0 Å². The van der Waals surface area contributed by atoms with Gasteiger partial charge < -0.3 is 4.74 Å². The minimum absolute atomic E-state index is 0.141. The Bertz CT molecular complexity index is 387. The lowest BCUT2D eigenvalue weighted by Gasteiger charge is -2.17. The first-order valence-electron chi connectivity index (χ1n) is 5.94. The third-order valence-corrected chi connectivity index (χ3v) is 3.96. The maximum absolute atomic E-state index is 6.53. The first-order valence-corrected chi connectivity index (χ1v) is 6.37. The van der Waals surface area contributed by atoms with Crippen molar-refractivity contribution in [2.24, 2.45) is 5.92 Å². The molecule has 0 aliphatic heterocycles. The molecule has 1 aromatic carbocycles. The fourth-order valence-corrected chi connectivity index (χ4v) is 3.23. The number of hydrogen-bond donors (Lipinski definition) is 0. The predicted molar refractivity (Wildman–Crippen MR) is 68.4 cm³/mol. The first-order chi connectivity index (χ1) is 7.63. The normalized spacial score (nSPS) is 24.8. The third kappa shape index (κ3) is 2.06. The van der Waals surface area contributed by atoms with Crippen molar-refractivity contribution in [1.82, 2.24) is 0 Å². The quantitative estimate of drug-likeness (QED) is 0.525. The number of alkyl halides is 1. The number of benzene rings is 1. The Morgan fingerprint density at radius 1 is 1.38 bits per heavy atom. The summed E-state index contributed by atoms with van der Waals surface area (Å²) in [5, 5.41) is 0.141. The monoisotopic (exact) mass is 238 g/mol. The highest BCUT2D eigenvalue weighted by Gasteiger charge is 2.24. The lowest BCUT2D eigenvalue weighted by molar-refractivity contribution is 0.407. The van der Waals surface area contributed by atoms with Crippen LogP contribution < -0.4 is 4.74 Å². The Kier molecular flexibility index (Phi) is 3.44. The molecule has 16 heavy (non-hydrogen) atoms. The number of rotatable bonds is 1. The molecule has 2 rings (SSSR count). The van der Waals surface area contributed by atoms with E-state index in [2.05, 4.69) is 26.0 Å². The van der Waals surface area contributed by atoms with E-state index in [4.69, 9.17) is 16.3 Å². The summed E-state index contributed by atoms with van der Waals surface area (Å²) in [5.74, 6) is 1.69. The van der Waals surface area contributed by atoms with E-state index < -0.39 is 0 Å². The van der Waals surface area contributed by atoms with Gasteiger partial charge in [0.1, 0.15) is 5.75 Å². The lowest BCUT2D eigenvalue weighted by atomic mass is 9.96. The predicted octanol–water partition coefficient (Wildman–Crippen LogP) is 4.26. The average molecular weight is 239 g/mol. The van der Waals surface area contributed by atoms with Crippen LogP contribution >= 0.6 is 11.6 Å². The average Bonchev–Trinajstić information content (AvgIpc) is 2.39. The van der Waals surface area contributed by atoms with Gasteiger partial charge in [0.25, 0.3) is 0 Å². The molecule has 0 saturated heterocycles. The van der Waals surface area contributed by atoms with Crippen LogP contribution in [-0.2, 0) is 6.42 Å². The number of fused-ring (bicyclic) bond motifs is 1. The Morgan fingerprint density at radius 3 is 2.81 bits per heavy atom. The summed E-state index contributed by atoms with van der Waals surface area (Å²) in [6.45, 7) is 4.42. The summed E-state index contributed by atoms with van der Waals surface area (Å²) in [6.07, 6.45) is 3.36. The molecule has 0 aromatic heterocycles. The maximum atomic E-state index is 6.53. The lowest BCUT2D eigenvalue weighted by Crippen LogP contribution is -2.01. The molecule has 1 aliphatic carbocycles. The van der Waals surface area contributed by atoms with E-state index in [9.17, 15) is 0 Å². The van der Waals surface area contributed by atoms with Gasteiger partial charge in [-0.3, -0.25) is 0 Å². The summed E-state index contributed by atoms with van der Waals surface area (Å²) in [7, 11) is 1.74. The van der Waals surface area contributed by atoms with Gasteiger partial charge in [0.2, 0.25) is 0 Å². The van der Waals surface area contributed by atoms with E-state index in [0.717, 1.165) is 18.6 Å². The van der Waals surface area contributed by atoms with Gasteiger partial charge in [-0.1, -0.05) is 13.0 Å². The zero-order valence-corrected chi connectivity index (χ0v) is 11.0. The van der Waals surface area contributed by atoms with E-state index in [1.807, 2.05) is 0 Å². The Balaban J connectivity index is 2.52. The minimum Gasteiger partial charge on any atom is -0.496 e. The van der Waals surface area contributed by atoms with Crippen molar-refractivity contribution in [2.45, 2.75) is 38.5 Å². The van der Waals surface area contributed by atoms with E-state index in [1.54, 1.807) is 7.11 Å². The Morgan fingerprint density at radius 2 is 2.12 bits per heavy atom. The molecule has 0 N–H and O–H groups in total. The Hall–Kier alpha value is -0.690. The highest BCUT2D eigenvalue weighted by molar-refractivity contribution is 6.21. The van der Waals surface area contributed by atoms with Gasteiger partial charge in [-0.05, 0) is 54.9 Å². The van der Waals surface area contributed by atoms with E-state index >= 15 is 0 Å². The van der Waals surface area contributed by atoms with E-state index in [-0.39, 0.29) is 5.38 Å². The second kappa shape index (κ2) is 4.67. The summed E-state index contributed by atoms with van der Waals surface area (Å²) in [4.78, 5) is 0. The van der Waals surface area contributed by atoms with Gasteiger partial charge in [-0.25, -0.2) is 0 Å². The van der Waals surface area contributed by atoms with Crippen molar-refractivity contribution in [3.05, 3.63) is 28.8 Å². The van der Waals surface area contributed by atoms with Crippen LogP contribution in [0.5, 0.6) is 5.75 Å². The number of methoxy groups -OCH3 is 1. The number of ether oxygens (including phenoxy) is 1. The fourth-order valence-electron chi connectivity index (χ4n) is 2.63. The van der Waals surface area contributed by atoms with Crippen molar-refractivity contribution < 1.29 is 4.74 Å². The zero-order chi connectivity index (χ0) is 11.7. The molecule has 0 amide bonds. The molecule has 0 fully saturated rings. The first kappa shape index (κ1) is 11.8. The van der Waals surface area contributed by atoms with Gasteiger partial charge in [0.05, 0.1) is 12.5 Å². The van der Waals surface area contributed by atoms with Gasteiger partial charge in [0.15, 0.2) is 0 Å². The number of hydrogen-bond acceptors (Lipinski definition) is 1. The van der Waals surface area contributed by atoms with Crippen LogP contribution in [0, 0.1) is 12.8 Å². The molecule has 0 radical (unpaired) electrons. The smallest absolute Gasteiger partial charge is 0.122 e. The molecule has 0 spiro atoms. The topological polar surface area (TPSA) is 9.23 Å². The Labute approximate surface area is 103 Å². The summed E-state index contributed by atoms with van der Waals surface area (Å²) in [5.41, 5.74) is 3.93. The van der Waals surface area contributed by atoms with Gasteiger partial charge in [0, 0.05) is 0 Å². The molecule has 2 heteroatoms. The highest BCUT2D eigenvalue weighted by Crippen LogP contribution is 2.41. The van der Waals surface area contributed by atoms with Crippen LogP contribution in [0.25, 0.3) is 0 Å². The highest BCUT2D eigenvalue weighted by atomic mass is 35.5. The molecule has 0 bridgehead atoms. The number of halogens is 1. The van der Waals surface area contributed by atoms with Crippen LogP contribution in [0.2, 0.25) is 0 Å². The second-order valence-corrected chi connectivity index (χ2v) is 5.35. The molecule has 2 atom stereocenters. The van der Waals surface area contributed by atoms with Crippen molar-refractivity contribution >= 4 is 11.6 Å². The molecule has 88 valence electrons. The molecule has 2 unspecified atom stereocenters. The van der Waals surface area contributed by atoms with Gasteiger partial charge in [-0.15, -0.1) is 11.6 Å². The van der Waals surface area contributed by atoms with Gasteiger partial charge in [-0.2, -0.15) is 0 Å². The fraction of sp³-hybridized carbons (Fsp3) is 0.571. The molecule has 0 saturated carbocycles. The van der Waals surface area contributed by atoms with Crippen LogP contribution in [0.15, 0.2) is 12.1 Å². The van der Waals surface area contributed by atoms with E-state index in [0.29, 0.717) is 5.92 Å². The number of aryl methyl sites for hydroxylation is 1. The molecular formula is C14H19ClO. The summed E-state index contributed by atoms with van der Waals surface area (Å²) < 4.78 is 5.45. The molecular weight excluding hydrogens is 220 g/mol. The van der Waals surface area contributed by atoms with E-state index in [1.165, 1.54) is 23.1 Å².